The van der Waals surface area contributed by atoms with Gasteiger partial charge in [0.15, 0.2) is 5.60 Å². The van der Waals surface area contributed by atoms with Gasteiger partial charge in [0, 0.05) is 5.57 Å². The van der Waals surface area contributed by atoms with E-state index in [1.807, 2.05) is 0 Å². The van der Waals surface area contributed by atoms with Crippen molar-refractivity contribution in [3.63, 3.8) is 0 Å². The second-order valence-corrected chi connectivity index (χ2v) is 5.69. The molecule has 5 heteroatoms. The van der Waals surface area contributed by atoms with Gasteiger partial charge in [-0.25, -0.2) is 9.59 Å². The van der Waals surface area contributed by atoms with Crippen LogP contribution >= 0.6 is 0 Å². The van der Waals surface area contributed by atoms with E-state index in [1.165, 1.54) is 41.5 Å². The average Bonchev–Trinajstić information content (AvgIpc) is 2.26. The van der Waals surface area contributed by atoms with Gasteiger partial charge in [-0.15, -0.1) is 0 Å². The molecule has 0 bridgehead atoms. The van der Waals surface area contributed by atoms with Crippen LogP contribution in [0.5, 0.6) is 0 Å². The molecule has 0 aliphatic carbocycles. The summed E-state index contributed by atoms with van der Waals surface area (Å²) in [7, 11) is 0. The molecule has 0 spiro atoms. The summed E-state index contributed by atoms with van der Waals surface area (Å²) >= 11 is 0. The van der Waals surface area contributed by atoms with Gasteiger partial charge in [-0.2, -0.15) is 0 Å². The van der Waals surface area contributed by atoms with E-state index in [4.69, 9.17) is 9.47 Å². The molecule has 0 aliphatic rings. The number of carbonyl (C=O) groups excluding carboxylic acids is 3. The van der Waals surface area contributed by atoms with E-state index < -0.39 is 28.9 Å². The lowest BCUT2D eigenvalue weighted by Gasteiger charge is -2.29. The third-order valence-corrected chi connectivity index (χ3v) is 2.47. The van der Waals surface area contributed by atoms with Crippen LogP contribution in [0.2, 0.25) is 0 Å². The minimum absolute atomic E-state index is 0.170. The first-order chi connectivity index (χ1) is 8.81. The second-order valence-electron chi connectivity index (χ2n) is 5.69. The van der Waals surface area contributed by atoms with Gasteiger partial charge in [0.05, 0.1) is 0 Å². The van der Waals surface area contributed by atoms with Gasteiger partial charge < -0.3 is 9.47 Å². The van der Waals surface area contributed by atoms with Gasteiger partial charge in [0.2, 0.25) is 11.4 Å². The minimum Gasteiger partial charge on any atom is -0.448 e. The fraction of sp³-hybridized carbons (Fsp3) is 0.533. The lowest BCUT2D eigenvalue weighted by atomic mass is 9.98. The van der Waals surface area contributed by atoms with E-state index >= 15 is 0 Å². The first kappa shape index (κ1) is 18.1. The van der Waals surface area contributed by atoms with E-state index in [-0.39, 0.29) is 11.1 Å². The molecule has 0 radical (unpaired) electrons. The Labute approximate surface area is 119 Å². The first-order valence-corrected chi connectivity index (χ1v) is 6.14. The van der Waals surface area contributed by atoms with Crippen LogP contribution in [0.3, 0.4) is 0 Å². The van der Waals surface area contributed by atoms with E-state index in [9.17, 15) is 14.4 Å². The maximum Gasteiger partial charge on any atom is 0.351 e. The van der Waals surface area contributed by atoms with Crippen LogP contribution in [-0.4, -0.2) is 28.9 Å². The Morgan fingerprint density at radius 2 is 1.25 bits per heavy atom. The van der Waals surface area contributed by atoms with Gasteiger partial charge in [0.1, 0.15) is 0 Å². The number of ether oxygens (including phenoxy) is 2. The summed E-state index contributed by atoms with van der Waals surface area (Å²) in [4.78, 5) is 35.4. The molecule has 0 aliphatic heterocycles. The molecule has 0 N–H and O–H groups in total. The zero-order valence-corrected chi connectivity index (χ0v) is 13.0. The van der Waals surface area contributed by atoms with Gasteiger partial charge >= 0.3 is 11.9 Å². The predicted molar refractivity (Wildman–Crippen MR) is 75.0 cm³/mol. The van der Waals surface area contributed by atoms with Crippen molar-refractivity contribution in [1.29, 1.82) is 0 Å². The molecule has 0 aromatic heterocycles. The molecule has 0 saturated heterocycles. The fourth-order valence-corrected chi connectivity index (χ4v) is 1.28. The van der Waals surface area contributed by atoms with Crippen LogP contribution < -0.4 is 0 Å². The maximum absolute atomic E-state index is 12.1. The van der Waals surface area contributed by atoms with Crippen LogP contribution in [0, 0.1) is 0 Å². The van der Waals surface area contributed by atoms with Gasteiger partial charge in [0.25, 0.3) is 0 Å². The largest absolute Gasteiger partial charge is 0.448 e. The zero-order chi connectivity index (χ0) is 16.3. The Morgan fingerprint density at radius 1 is 0.800 bits per heavy atom. The highest BCUT2D eigenvalue weighted by Gasteiger charge is 2.40. The molecule has 0 atom stereocenters. The summed E-state index contributed by atoms with van der Waals surface area (Å²) in [6, 6.07) is 0. The van der Waals surface area contributed by atoms with E-state index in [0.29, 0.717) is 0 Å². The molecule has 0 aromatic rings. The van der Waals surface area contributed by atoms with E-state index in [2.05, 4.69) is 13.2 Å². The standard InChI is InChI=1S/C15H22O5/c1-9(2)11(16)14(5,6)20-13(18)15(7,8)19-12(17)10(3)4/h1,3H2,2,4-8H3. The van der Waals surface area contributed by atoms with Crippen molar-refractivity contribution in [2.75, 3.05) is 0 Å². The van der Waals surface area contributed by atoms with Crippen LogP contribution in [0.25, 0.3) is 0 Å². The van der Waals surface area contributed by atoms with Crippen molar-refractivity contribution >= 4 is 17.7 Å². The van der Waals surface area contributed by atoms with Crippen molar-refractivity contribution in [3.8, 4) is 0 Å². The predicted octanol–water partition coefficient (Wildman–Crippen LogP) is 2.35. The summed E-state index contributed by atoms with van der Waals surface area (Å²) in [6.07, 6.45) is 0. The van der Waals surface area contributed by atoms with Crippen molar-refractivity contribution < 1.29 is 23.9 Å². The van der Waals surface area contributed by atoms with Crippen molar-refractivity contribution in [2.24, 2.45) is 0 Å². The van der Waals surface area contributed by atoms with Crippen LogP contribution in [-0.2, 0) is 23.9 Å². The van der Waals surface area contributed by atoms with Crippen molar-refractivity contribution in [3.05, 3.63) is 24.3 Å². The average molecular weight is 282 g/mol. The summed E-state index contributed by atoms with van der Waals surface area (Å²) in [5, 5.41) is 0. The number of rotatable bonds is 6. The number of carbonyl (C=O) groups is 3. The molecule has 0 fully saturated rings. The quantitative estimate of drug-likeness (QED) is 0.552. The van der Waals surface area contributed by atoms with Crippen molar-refractivity contribution in [2.45, 2.75) is 52.7 Å². The van der Waals surface area contributed by atoms with E-state index in [1.54, 1.807) is 0 Å². The van der Waals surface area contributed by atoms with Crippen LogP contribution in [0.4, 0.5) is 0 Å². The highest BCUT2D eigenvalue weighted by Crippen LogP contribution is 2.21. The number of Topliss-reactive ketones (excluding diaryl/α,β-unsaturated/α-hetero) is 1. The van der Waals surface area contributed by atoms with Gasteiger partial charge in [-0.1, -0.05) is 13.2 Å². The fourth-order valence-electron chi connectivity index (χ4n) is 1.28. The highest BCUT2D eigenvalue weighted by molar-refractivity contribution is 6.02. The summed E-state index contributed by atoms with van der Waals surface area (Å²) in [5.41, 5.74) is -2.43. The van der Waals surface area contributed by atoms with Crippen molar-refractivity contribution in [1.82, 2.24) is 0 Å². The third kappa shape index (κ3) is 4.64. The Balaban J connectivity index is 5.00. The second kappa shape index (κ2) is 6.03. The normalized spacial score (nSPS) is 11.5. The van der Waals surface area contributed by atoms with Crippen LogP contribution in [0.15, 0.2) is 24.3 Å². The SMILES string of the molecule is C=C(C)C(=O)OC(C)(C)C(=O)OC(C)(C)C(=O)C(=C)C. The Kier molecular flexibility index (Phi) is 5.45. The molecule has 0 heterocycles. The molecule has 5 nitrogen and oxygen atoms in total. The monoisotopic (exact) mass is 282 g/mol. The van der Waals surface area contributed by atoms with E-state index in [0.717, 1.165) is 0 Å². The summed E-state index contributed by atoms with van der Waals surface area (Å²) in [5.74, 6) is -1.91. The summed E-state index contributed by atoms with van der Waals surface area (Å²) in [6.45, 7) is 15.6. The Hall–Kier alpha value is -1.91. The molecule has 0 saturated carbocycles. The first-order valence-electron chi connectivity index (χ1n) is 6.14. The molecule has 0 unspecified atom stereocenters. The maximum atomic E-state index is 12.1. The lowest BCUT2D eigenvalue weighted by molar-refractivity contribution is -0.186. The lowest BCUT2D eigenvalue weighted by Crippen LogP contribution is -2.46. The molecule has 0 rings (SSSR count). The van der Waals surface area contributed by atoms with Gasteiger partial charge in [-0.05, 0) is 47.1 Å². The zero-order valence-electron chi connectivity index (χ0n) is 13.0. The minimum atomic E-state index is -1.51. The topological polar surface area (TPSA) is 69.7 Å². The third-order valence-electron chi connectivity index (χ3n) is 2.47. The molecule has 0 aromatic carbocycles. The Bertz CT molecular complexity index is 469. The molecular weight excluding hydrogens is 260 g/mol. The molecule has 112 valence electrons. The van der Waals surface area contributed by atoms with Gasteiger partial charge in [-0.3, -0.25) is 4.79 Å². The smallest absolute Gasteiger partial charge is 0.351 e. The molecular formula is C15H22O5. The number of ketones is 1. The highest BCUT2D eigenvalue weighted by atomic mass is 16.6. The Morgan fingerprint density at radius 3 is 1.60 bits per heavy atom. The van der Waals surface area contributed by atoms with Crippen LogP contribution in [0.1, 0.15) is 41.5 Å². The summed E-state index contributed by atoms with van der Waals surface area (Å²) < 4.78 is 10.2. The number of esters is 2. The number of hydrogen-bond donors (Lipinski definition) is 0. The molecule has 0 amide bonds. The number of hydrogen-bond acceptors (Lipinski definition) is 5. The molecule has 20 heavy (non-hydrogen) atoms.